The molecular weight excluding hydrogens is 362 g/mol. The van der Waals surface area contributed by atoms with Crippen molar-refractivity contribution in [3.63, 3.8) is 0 Å². The van der Waals surface area contributed by atoms with Crippen LogP contribution >= 0.6 is 0 Å². The third kappa shape index (κ3) is 6.65. The molecule has 0 aromatic carbocycles. The molecule has 160 valence electrons. The first-order valence-corrected chi connectivity index (χ1v) is 10.5. The molecular formula is C21H35NO6. The largest absolute Gasteiger partial charge is 0.481 e. The summed E-state index contributed by atoms with van der Waals surface area (Å²) in [7, 11) is 0. The second kappa shape index (κ2) is 11.7. The quantitative estimate of drug-likeness (QED) is 0.358. The smallest absolute Gasteiger partial charge is 0.304 e. The van der Waals surface area contributed by atoms with E-state index in [1.165, 1.54) is 0 Å². The normalized spacial score (nSPS) is 30.2. The van der Waals surface area contributed by atoms with E-state index in [2.05, 4.69) is 11.8 Å². The van der Waals surface area contributed by atoms with Gasteiger partial charge in [0.25, 0.3) is 0 Å². The Morgan fingerprint density at radius 3 is 2.64 bits per heavy atom. The molecule has 0 aromatic heterocycles. The van der Waals surface area contributed by atoms with Gasteiger partial charge in [-0.25, -0.2) is 0 Å². The zero-order chi connectivity index (χ0) is 20.5. The van der Waals surface area contributed by atoms with Crippen LogP contribution in [-0.2, 0) is 14.3 Å². The molecule has 2 fully saturated rings. The molecule has 2 aliphatic rings. The summed E-state index contributed by atoms with van der Waals surface area (Å²) in [6, 6.07) is 0. The van der Waals surface area contributed by atoms with Gasteiger partial charge in [0.15, 0.2) is 0 Å². The van der Waals surface area contributed by atoms with Gasteiger partial charge in [-0.05, 0) is 19.4 Å². The van der Waals surface area contributed by atoms with Crippen molar-refractivity contribution >= 4 is 11.8 Å². The third-order valence-electron chi connectivity index (χ3n) is 5.92. The summed E-state index contributed by atoms with van der Waals surface area (Å²) < 4.78 is 5.32. The van der Waals surface area contributed by atoms with Crippen LogP contribution in [-0.4, -0.2) is 77.0 Å². The number of aliphatic hydroxyl groups excluding tert-OH is 2. The van der Waals surface area contributed by atoms with Gasteiger partial charge < -0.3 is 20.1 Å². The Bertz CT molecular complexity index is 531. The van der Waals surface area contributed by atoms with Crippen LogP contribution in [0.15, 0.2) is 12.2 Å². The Kier molecular flexibility index (Phi) is 9.58. The van der Waals surface area contributed by atoms with Crippen molar-refractivity contribution in [1.82, 2.24) is 4.90 Å². The zero-order valence-electron chi connectivity index (χ0n) is 16.8. The molecule has 0 aromatic rings. The predicted octanol–water partition coefficient (Wildman–Crippen LogP) is 1.47. The van der Waals surface area contributed by atoms with Crippen LogP contribution in [0, 0.1) is 17.8 Å². The number of unbranched alkanes of at least 4 members (excludes halogenated alkanes) is 2. The fourth-order valence-electron chi connectivity index (χ4n) is 4.23. The fraction of sp³-hybridized carbons (Fsp3) is 0.810. The number of aliphatic carboxylic acids is 1. The van der Waals surface area contributed by atoms with Crippen LogP contribution in [0.1, 0.15) is 45.4 Å². The number of carbonyl (C=O) groups is 2. The molecule has 1 saturated carbocycles. The lowest BCUT2D eigenvalue weighted by molar-refractivity contribution is -0.140. The number of carboxylic acid groups (broad SMARTS) is 1. The Balaban J connectivity index is 1.99. The molecule has 2 rings (SSSR count). The maximum absolute atomic E-state index is 12.8. The number of ether oxygens (including phenoxy) is 1. The minimum absolute atomic E-state index is 0.168. The van der Waals surface area contributed by atoms with E-state index in [-0.39, 0.29) is 12.2 Å². The molecule has 5 atom stereocenters. The van der Waals surface area contributed by atoms with Crippen molar-refractivity contribution in [2.45, 2.75) is 57.7 Å². The van der Waals surface area contributed by atoms with Crippen molar-refractivity contribution < 1.29 is 29.6 Å². The molecule has 0 spiro atoms. The van der Waals surface area contributed by atoms with Gasteiger partial charge in [-0.2, -0.15) is 0 Å². The number of Topliss-reactive ketones (excluding diaryl/α,β-unsaturated/α-hetero) is 1. The number of rotatable bonds is 11. The van der Waals surface area contributed by atoms with Gasteiger partial charge in [-0.3, -0.25) is 14.5 Å². The van der Waals surface area contributed by atoms with Crippen molar-refractivity contribution in [2.75, 3.05) is 32.8 Å². The number of morpholine rings is 1. The molecule has 1 aliphatic heterocycles. The summed E-state index contributed by atoms with van der Waals surface area (Å²) in [6.45, 7) is 5.74. The van der Waals surface area contributed by atoms with Gasteiger partial charge >= 0.3 is 5.97 Å². The van der Waals surface area contributed by atoms with E-state index in [9.17, 15) is 24.9 Å². The first kappa shape index (κ1) is 23.0. The first-order chi connectivity index (χ1) is 13.4. The van der Waals surface area contributed by atoms with E-state index in [0.29, 0.717) is 32.6 Å². The van der Waals surface area contributed by atoms with E-state index >= 15 is 0 Å². The SMILES string of the molecule is CCCCC[C@H](O)/C=C/[C@@H]1[C@@H](CC(=O)O)C(=O)C(CCN2CCOCC2)[C@@H]1O. The van der Waals surface area contributed by atoms with Gasteiger partial charge in [-0.1, -0.05) is 38.3 Å². The van der Waals surface area contributed by atoms with Crippen LogP contribution in [0.4, 0.5) is 0 Å². The molecule has 0 bridgehead atoms. The van der Waals surface area contributed by atoms with E-state index in [1.807, 2.05) is 0 Å². The standard InChI is InChI=1S/C21H35NO6/c1-2-3-4-5-15(23)6-7-16-18(14-19(24)25)21(27)17(20(16)26)8-9-22-10-12-28-13-11-22/h6-7,15-18,20,23,26H,2-5,8-14H2,1H3,(H,24,25)/b7-6+/t15-,16+,17?,18+,20+/m0/s1. The maximum Gasteiger partial charge on any atom is 0.304 e. The predicted molar refractivity (Wildman–Crippen MR) is 105 cm³/mol. The minimum atomic E-state index is -1.04. The molecule has 1 heterocycles. The zero-order valence-corrected chi connectivity index (χ0v) is 16.8. The Morgan fingerprint density at radius 1 is 1.29 bits per heavy atom. The molecule has 3 N–H and O–H groups in total. The van der Waals surface area contributed by atoms with Gasteiger partial charge in [0.05, 0.1) is 31.8 Å². The summed E-state index contributed by atoms with van der Waals surface area (Å²) in [4.78, 5) is 26.3. The Morgan fingerprint density at radius 2 is 2.00 bits per heavy atom. The number of nitrogens with zero attached hydrogens (tertiary/aromatic N) is 1. The average molecular weight is 398 g/mol. The highest BCUT2D eigenvalue weighted by molar-refractivity contribution is 5.90. The second-order valence-corrected chi connectivity index (χ2v) is 7.97. The van der Waals surface area contributed by atoms with Crippen molar-refractivity contribution in [2.24, 2.45) is 17.8 Å². The summed E-state index contributed by atoms with van der Waals surface area (Å²) in [6.07, 6.45) is 5.63. The second-order valence-electron chi connectivity index (χ2n) is 7.97. The highest BCUT2D eigenvalue weighted by Gasteiger charge is 2.48. The number of carboxylic acids is 1. The first-order valence-electron chi connectivity index (χ1n) is 10.5. The highest BCUT2D eigenvalue weighted by Crippen LogP contribution is 2.38. The van der Waals surface area contributed by atoms with Crippen LogP contribution in [0.25, 0.3) is 0 Å². The lowest BCUT2D eigenvalue weighted by atomic mass is 9.90. The van der Waals surface area contributed by atoms with Gasteiger partial charge in [0, 0.05) is 30.8 Å². The molecule has 7 heteroatoms. The van der Waals surface area contributed by atoms with E-state index < -0.39 is 35.9 Å². The summed E-state index contributed by atoms with van der Waals surface area (Å²) in [5.41, 5.74) is 0. The van der Waals surface area contributed by atoms with E-state index in [1.54, 1.807) is 12.2 Å². The number of hydrogen-bond donors (Lipinski definition) is 3. The third-order valence-corrected chi connectivity index (χ3v) is 5.92. The summed E-state index contributed by atoms with van der Waals surface area (Å²) in [5.74, 6) is -3.06. The molecule has 7 nitrogen and oxygen atoms in total. The number of hydrogen-bond acceptors (Lipinski definition) is 6. The highest BCUT2D eigenvalue weighted by atomic mass is 16.5. The minimum Gasteiger partial charge on any atom is -0.481 e. The molecule has 0 amide bonds. The molecule has 28 heavy (non-hydrogen) atoms. The van der Waals surface area contributed by atoms with Gasteiger partial charge in [0.2, 0.25) is 0 Å². The van der Waals surface area contributed by atoms with Crippen LogP contribution in [0.2, 0.25) is 0 Å². The Labute approximate surface area is 167 Å². The van der Waals surface area contributed by atoms with Crippen molar-refractivity contribution in [3.8, 4) is 0 Å². The number of carbonyl (C=O) groups excluding carboxylic acids is 1. The van der Waals surface area contributed by atoms with Crippen LogP contribution in [0.3, 0.4) is 0 Å². The summed E-state index contributed by atoms with van der Waals surface area (Å²) >= 11 is 0. The number of ketones is 1. The molecule has 1 aliphatic carbocycles. The molecule has 1 saturated heterocycles. The van der Waals surface area contributed by atoms with Crippen molar-refractivity contribution in [1.29, 1.82) is 0 Å². The van der Waals surface area contributed by atoms with Crippen LogP contribution < -0.4 is 0 Å². The molecule has 0 radical (unpaired) electrons. The molecule has 1 unspecified atom stereocenters. The van der Waals surface area contributed by atoms with E-state index in [0.717, 1.165) is 32.4 Å². The number of aliphatic hydroxyl groups is 2. The van der Waals surface area contributed by atoms with Crippen LogP contribution in [0.5, 0.6) is 0 Å². The summed E-state index contributed by atoms with van der Waals surface area (Å²) in [5, 5.41) is 30.1. The van der Waals surface area contributed by atoms with E-state index in [4.69, 9.17) is 4.74 Å². The average Bonchev–Trinajstić information content (AvgIpc) is 2.88. The topological polar surface area (TPSA) is 107 Å². The van der Waals surface area contributed by atoms with Crippen molar-refractivity contribution in [3.05, 3.63) is 12.2 Å². The lowest BCUT2D eigenvalue weighted by Crippen LogP contribution is -2.38. The van der Waals surface area contributed by atoms with Gasteiger partial charge in [0.1, 0.15) is 5.78 Å². The fourth-order valence-corrected chi connectivity index (χ4v) is 4.23. The lowest BCUT2D eigenvalue weighted by Gasteiger charge is -2.28. The Hall–Kier alpha value is -1.28. The monoisotopic (exact) mass is 397 g/mol. The van der Waals surface area contributed by atoms with Gasteiger partial charge in [-0.15, -0.1) is 0 Å². The maximum atomic E-state index is 12.8.